The average Bonchev–Trinajstić information content (AvgIpc) is 2.88. The van der Waals surface area contributed by atoms with E-state index < -0.39 is 0 Å². The molecule has 1 N–H and O–H groups in total. The normalized spacial score (nSPS) is 11.2. The second kappa shape index (κ2) is 30.4. The summed E-state index contributed by atoms with van der Waals surface area (Å²) in [5, 5.41) is 2.83. The molecule has 3 nitrogen and oxygen atoms in total. The number of ketones is 1. The fourth-order valence-electron chi connectivity index (χ4n) is 5.02. The van der Waals surface area contributed by atoms with Gasteiger partial charge in [-0.15, -0.1) is 0 Å². The summed E-state index contributed by atoms with van der Waals surface area (Å²) in [6, 6.07) is 0. The molecule has 0 fully saturated rings. The highest BCUT2D eigenvalue weighted by atomic mass is 16.2. The average molecular weight is 508 g/mol. The van der Waals surface area contributed by atoms with Crippen molar-refractivity contribution >= 4 is 11.7 Å². The van der Waals surface area contributed by atoms with Crippen molar-refractivity contribution < 1.29 is 9.59 Å². The number of rotatable bonds is 30. The first-order valence-corrected chi connectivity index (χ1v) is 16.5. The zero-order valence-corrected chi connectivity index (χ0v) is 24.8. The van der Waals surface area contributed by atoms with Gasteiger partial charge in [-0.3, -0.25) is 9.59 Å². The zero-order valence-electron chi connectivity index (χ0n) is 24.8. The molecular formula is C33H65NO2. The highest BCUT2D eigenvalue weighted by molar-refractivity contribution is 5.85. The number of hydrogen-bond donors (Lipinski definition) is 1. The van der Waals surface area contributed by atoms with Gasteiger partial charge >= 0.3 is 0 Å². The second-order valence-electron chi connectivity index (χ2n) is 11.3. The van der Waals surface area contributed by atoms with Gasteiger partial charge in [0.1, 0.15) is 0 Å². The molecule has 214 valence electrons. The van der Waals surface area contributed by atoms with Crippen LogP contribution in [0.15, 0.2) is 0 Å². The number of hydrogen-bond acceptors (Lipinski definition) is 2. The molecular weight excluding hydrogens is 442 g/mol. The molecule has 0 aliphatic rings. The molecule has 0 bridgehead atoms. The summed E-state index contributed by atoms with van der Waals surface area (Å²) in [6.45, 7) is 4.78. The Bertz CT molecular complexity index is 421. The van der Waals surface area contributed by atoms with E-state index in [1.54, 1.807) is 0 Å². The van der Waals surface area contributed by atoms with Crippen molar-refractivity contribution in [1.82, 2.24) is 5.32 Å². The van der Waals surface area contributed by atoms with Crippen molar-refractivity contribution in [2.24, 2.45) is 0 Å². The maximum atomic E-state index is 12.0. The molecule has 0 rings (SSSR count). The van der Waals surface area contributed by atoms with E-state index in [1.807, 2.05) is 0 Å². The summed E-state index contributed by atoms with van der Waals surface area (Å²) in [4.78, 5) is 24.0. The van der Waals surface area contributed by atoms with E-state index in [-0.39, 0.29) is 18.2 Å². The Balaban J connectivity index is 3.28. The van der Waals surface area contributed by atoms with E-state index >= 15 is 0 Å². The van der Waals surface area contributed by atoms with Gasteiger partial charge in [0.25, 0.3) is 0 Å². The summed E-state index contributed by atoms with van der Waals surface area (Å²) < 4.78 is 0. The van der Waals surface area contributed by atoms with E-state index in [0.29, 0.717) is 12.8 Å². The van der Waals surface area contributed by atoms with Gasteiger partial charge in [0.15, 0.2) is 5.78 Å². The molecule has 3 heteroatoms. The Labute approximate surface area is 226 Å². The van der Waals surface area contributed by atoms with Crippen molar-refractivity contribution in [2.75, 3.05) is 6.54 Å². The third-order valence-electron chi connectivity index (χ3n) is 7.55. The first-order valence-electron chi connectivity index (χ1n) is 16.5. The van der Waals surface area contributed by atoms with Crippen LogP contribution in [0.3, 0.4) is 0 Å². The molecule has 1 amide bonds. The second-order valence-corrected chi connectivity index (χ2v) is 11.3. The Morgan fingerprint density at radius 1 is 0.389 bits per heavy atom. The van der Waals surface area contributed by atoms with Gasteiger partial charge in [-0.25, -0.2) is 0 Å². The number of Topliss-reactive ketones (excluding diaryl/α,β-unsaturated/α-hetero) is 1. The molecule has 0 saturated heterocycles. The van der Waals surface area contributed by atoms with Gasteiger partial charge < -0.3 is 5.32 Å². The van der Waals surface area contributed by atoms with Crippen LogP contribution in [-0.4, -0.2) is 18.2 Å². The van der Waals surface area contributed by atoms with E-state index in [0.717, 1.165) is 25.7 Å². The van der Waals surface area contributed by atoms with Crippen LogP contribution in [0.25, 0.3) is 0 Å². The minimum absolute atomic E-state index is 0.0526. The monoisotopic (exact) mass is 508 g/mol. The van der Waals surface area contributed by atoms with Crippen LogP contribution in [0.2, 0.25) is 0 Å². The minimum atomic E-state index is 0.0526. The predicted molar refractivity (Wildman–Crippen MR) is 159 cm³/mol. The lowest BCUT2D eigenvalue weighted by molar-refractivity contribution is -0.125. The van der Waals surface area contributed by atoms with E-state index in [9.17, 15) is 9.59 Å². The molecule has 36 heavy (non-hydrogen) atoms. The van der Waals surface area contributed by atoms with Crippen LogP contribution in [0.4, 0.5) is 0 Å². The van der Waals surface area contributed by atoms with Crippen molar-refractivity contribution in [3.8, 4) is 0 Å². The predicted octanol–water partition coefficient (Wildman–Crippen LogP) is 10.6. The van der Waals surface area contributed by atoms with Gasteiger partial charge in [-0.2, -0.15) is 0 Å². The minimum Gasteiger partial charge on any atom is -0.349 e. The van der Waals surface area contributed by atoms with Gasteiger partial charge in [-0.1, -0.05) is 168 Å². The Morgan fingerprint density at radius 3 is 1.00 bits per heavy atom. The number of carbonyl (C=O) groups is 2. The third kappa shape index (κ3) is 29.4. The van der Waals surface area contributed by atoms with Crippen molar-refractivity contribution in [3.05, 3.63) is 0 Å². The summed E-state index contributed by atoms with van der Waals surface area (Å²) in [7, 11) is 0. The molecule has 0 radical (unpaired) electrons. The van der Waals surface area contributed by atoms with E-state index in [4.69, 9.17) is 0 Å². The zero-order chi connectivity index (χ0) is 26.4. The van der Waals surface area contributed by atoms with Gasteiger partial charge in [-0.05, 0) is 12.8 Å². The molecule has 0 aromatic heterocycles. The molecule has 0 saturated carbocycles. The highest BCUT2D eigenvalue weighted by Gasteiger charge is 2.06. The molecule has 0 aliphatic heterocycles. The lowest BCUT2D eigenvalue weighted by Crippen LogP contribution is -2.29. The molecule has 0 aromatic rings. The van der Waals surface area contributed by atoms with Gasteiger partial charge in [0.2, 0.25) is 5.91 Å². The maximum Gasteiger partial charge on any atom is 0.220 e. The van der Waals surface area contributed by atoms with Crippen LogP contribution in [0.5, 0.6) is 0 Å². The van der Waals surface area contributed by atoms with Crippen LogP contribution in [0, 0.1) is 0 Å². The van der Waals surface area contributed by atoms with E-state index in [2.05, 4.69) is 19.2 Å². The number of unbranched alkanes of at least 4 members (excludes halogenated alkanes) is 24. The molecule has 0 heterocycles. The van der Waals surface area contributed by atoms with E-state index in [1.165, 1.54) is 141 Å². The first kappa shape index (κ1) is 35.1. The largest absolute Gasteiger partial charge is 0.349 e. The summed E-state index contributed by atoms with van der Waals surface area (Å²) in [5.74, 6) is 0.244. The van der Waals surface area contributed by atoms with Crippen LogP contribution in [-0.2, 0) is 9.59 Å². The van der Waals surface area contributed by atoms with Crippen molar-refractivity contribution in [3.63, 3.8) is 0 Å². The van der Waals surface area contributed by atoms with Crippen molar-refractivity contribution in [1.29, 1.82) is 0 Å². The molecule has 0 aliphatic carbocycles. The molecule has 0 unspecified atom stereocenters. The number of nitrogens with one attached hydrogen (secondary N) is 1. The maximum absolute atomic E-state index is 12.0. The topological polar surface area (TPSA) is 46.2 Å². The summed E-state index contributed by atoms with van der Waals surface area (Å²) in [6.07, 6.45) is 35.5. The smallest absolute Gasteiger partial charge is 0.220 e. The Kier molecular flexibility index (Phi) is 29.6. The summed E-state index contributed by atoms with van der Waals surface area (Å²) >= 11 is 0. The van der Waals surface area contributed by atoms with Crippen molar-refractivity contribution in [2.45, 2.75) is 194 Å². The standard InChI is InChI=1S/C33H65NO2/c1-3-5-7-9-11-13-15-17-19-21-23-25-27-29-32(35)31-34-33(36)30-28-26-24-22-20-18-16-14-12-10-8-6-4-2/h3-31H2,1-2H3,(H,34,36). The molecule has 0 spiro atoms. The third-order valence-corrected chi connectivity index (χ3v) is 7.55. The molecule has 0 atom stereocenters. The SMILES string of the molecule is CCCCCCCCCCCCCCCC(=O)CNC(=O)CCCCCCCCCCCCCCC. The first-order chi connectivity index (χ1) is 17.7. The quantitative estimate of drug-likeness (QED) is 0.0982. The van der Waals surface area contributed by atoms with Gasteiger partial charge in [0.05, 0.1) is 6.54 Å². The lowest BCUT2D eigenvalue weighted by atomic mass is 10.0. The Morgan fingerprint density at radius 2 is 0.667 bits per heavy atom. The Hall–Kier alpha value is -0.860. The van der Waals surface area contributed by atoms with Crippen LogP contribution < -0.4 is 5.32 Å². The van der Waals surface area contributed by atoms with Crippen LogP contribution in [0.1, 0.15) is 194 Å². The number of amides is 1. The molecule has 0 aromatic carbocycles. The lowest BCUT2D eigenvalue weighted by Gasteiger charge is -2.06. The highest BCUT2D eigenvalue weighted by Crippen LogP contribution is 2.14. The number of carbonyl (C=O) groups excluding carboxylic acids is 2. The fourth-order valence-corrected chi connectivity index (χ4v) is 5.02. The van der Waals surface area contributed by atoms with Crippen LogP contribution >= 0.6 is 0 Å². The van der Waals surface area contributed by atoms with Gasteiger partial charge in [0, 0.05) is 12.8 Å². The summed E-state index contributed by atoms with van der Waals surface area (Å²) in [5.41, 5.74) is 0. The fraction of sp³-hybridized carbons (Fsp3) is 0.939.